The van der Waals surface area contributed by atoms with Crippen LogP contribution in [-0.4, -0.2) is 204 Å². The lowest BCUT2D eigenvalue weighted by atomic mass is 9.84. The summed E-state index contributed by atoms with van der Waals surface area (Å²) in [5.74, 6) is -15.1. The summed E-state index contributed by atoms with van der Waals surface area (Å²) in [5, 5.41) is 137. The molecule has 118 heavy (non-hydrogen) atoms. The molecule has 11 bridgehead atoms. The van der Waals surface area contributed by atoms with Gasteiger partial charge in [0.1, 0.15) is 89.5 Å². The molecular weight excluding hydrogens is 1590 g/mol. The molecule has 7 aliphatic heterocycles. The number of aliphatic hydroxyl groups is 6. The molecule has 0 aromatic heterocycles. The number of hydrogen-bond donors (Lipinski definition) is 19. The number of rotatable bonds is 24. The summed E-state index contributed by atoms with van der Waals surface area (Å²) in [4.78, 5) is 118. The third kappa shape index (κ3) is 19.9. The first-order chi connectivity index (χ1) is 56.1. The maximum atomic E-state index is 16.2. The molecule has 0 unspecified atom stereocenters. The van der Waals surface area contributed by atoms with Crippen LogP contribution in [0.1, 0.15) is 137 Å². The number of halogens is 2. The average Bonchev–Trinajstić information content (AvgIpc) is 0.766. The Morgan fingerprint density at radius 1 is 0.720 bits per heavy atom. The van der Waals surface area contributed by atoms with Crippen molar-refractivity contribution < 1.29 is 127 Å². The van der Waals surface area contributed by atoms with Crippen molar-refractivity contribution in [3.63, 3.8) is 0 Å². The predicted molar refractivity (Wildman–Crippen MR) is 419 cm³/mol. The maximum Gasteiger partial charge on any atom is 0.330 e. The topological polar surface area (TPSA) is 535 Å². The number of phenolic OH excluding ortho intramolecular Hbond substituents is 3. The molecule has 13 rings (SSSR count). The molecular formula is C81H95Cl2N9O26. The van der Waals surface area contributed by atoms with E-state index in [1.165, 1.54) is 19.2 Å². The number of carboxylic acid groups (broad SMARTS) is 1. The Kier molecular flexibility index (Phi) is 28.4. The van der Waals surface area contributed by atoms with Gasteiger partial charge in [-0.05, 0) is 141 Å². The molecule has 7 amide bonds. The van der Waals surface area contributed by atoms with Crippen LogP contribution < -0.4 is 72.0 Å². The van der Waals surface area contributed by atoms with E-state index >= 15 is 14.4 Å². The molecule has 0 aliphatic carbocycles. The smallest absolute Gasteiger partial charge is 0.330 e. The van der Waals surface area contributed by atoms with Gasteiger partial charge in [-0.15, -0.1) is 6.58 Å². The highest BCUT2D eigenvalue weighted by Gasteiger charge is 2.52. The Balaban J connectivity index is 1.10. The summed E-state index contributed by atoms with van der Waals surface area (Å²) in [6, 6.07) is 4.71. The molecule has 0 saturated carbocycles. The zero-order valence-electron chi connectivity index (χ0n) is 64.8. The number of nitrogens with two attached hydrogens (primary N) is 1. The highest BCUT2D eigenvalue weighted by molar-refractivity contribution is 6.32. The SMILES string of the molecule is C=CCCOc1cc(CN[C@@]2(C)C[C@H](O[C@H]3[C@H](Oc4c5cc6cc4Oc4ccc(cc4Cl)[C@@H](O)[C@@H](NC(=O)[C@@H](CC(C)C)NC)C(=O)N[C@@H](CC(N)=O)C(=O)N[C@H]6C(=O)N[C@H]4C(=O)N[C@H](C(=O)N[C@H](C(=O)O)c6cc(O)cc(O)c6-c6cc4ccc6O)[C@H](O)c4ccc(c(Cl)c4)O5)O[C@H](CO)[C@@H](O)[C@@H]3O)O[C@@H](C)[C@H]2O)ccc1OCCCC. The van der Waals surface area contributed by atoms with Gasteiger partial charge < -0.3 is 137 Å². The van der Waals surface area contributed by atoms with Crippen molar-refractivity contribution in [2.24, 2.45) is 11.7 Å². The zero-order valence-corrected chi connectivity index (χ0v) is 66.3. The quantitative estimate of drug-likeness (QED) is 0.0300. The van der Waals surface area contributed by atoms with Crippen LogP contribution in [0, 0.1) is 5.92 Å². The highest BCUT2D eigenvalue weighted by Crippen LogP contribution is 2.50. The number of fused-ring (bicyclic) bond motifs is 15. The number of aliphatic hydroxyl groups excluding tert-OH is 6. The van der Waals surface area contributed by atoms with Crippen molar-refractivity contribution in [2.45, 2.75) is 189 Å². The number of carbonyl (C=O) groups is 8. The molecule has 6 aromatic carbocycles. The number of ether oxygens (including phenoxy) is 8. The lowest BCUT2D eigenvalue weighted by Crippen LogP contribution is -2.65. The van der Waals surface area contributed by atoms with E-state index in [9.17, 15) is 75.0 Å². The third-order valence-corrected chi connectivity index (χ3v) is 21.4. The summed E-state index contributed by atoms with van der Waals surface area (Å²) < 4.78 is 51.7. The minimum Gasteiger partial charge on any atom is -0.508 e. The Labute approximate surface area is 686 Å². The summed E-state index contributed by atoms with van der Waals surface area (Å²) in [7, 11) is 1.48. The number of benzene rings is 6. The van der Waals surface area contributed by atoms with Gasteiger partial charge in [0, 0.05) is 41.3 Å². The van der Waals surface area contributed by atoms with E-state index in [2.05, 4.69) is 49.1 Å². The molecule has 37 heteroatoms. The van der Waals surface area contributed by atoms with E-state index in [4.69, 9.17) is 66.8 Å². The van der Waals surface area contributed by atoms with E-state index < -0.39 is 237 Å². The lowest BCUT2D eigenvalue weighted by Gasteiger charge is -2.48. The zero-order chi connectivity index (χ0) is 85.5. The standard InChI is InChI=1S/C81H95Cl2N9O26/c1-8-10-20-111-53-17-12-37(23-54(53)112-21-11-9-2)33-86-81(6)32-59(113-36(5)72(81)102)117-71-69(101)68(100)57(34-93)116-80(71)118-70-55-27-41-28-56(70)115-52-19-15-40(26-46(52)83)67(99)65-78(108)90-63(79(109)110)44-29-42(94)30-50(96)60(44)43-24-38(13-16-49(43)95)61(75(105)92-65)89-76(106)62(41)88-74(104)48(31-58(84)97)87-77(107)64(91-73(103)47(85-7)22-35(3)4)66(98)39-14-18-51(114-55)45(82)25-39/h9,12-19,23-30,35-36,47-48,57,59,61-69,71-72,80,85-86,93-96,98-102H,2,8,10-11,20-22,31-34H2,1,3-7H3,(H2,84,97)(H,87,107)(H,88,104)(H,89,106)(H,90,108)(H,91,103)(H,92,105)(H,109,110)/t36-,47+,48-,57+,59-,61+,62+,63-,64+,65-,66+,67+,68+,69-,71+,72+,80-,81-/m0/s1. The molecule has 6 aromatic rings. The van der Waals surface area contributed by atoms with E-state index in [0.717, 1.165) is 79.6 Å². The molecule has 2 saturated heterocycles. The van der Waals surface area contributed by atoms with Gasteiger partial charge in [0.15, 0.2) is 41.4 Å². The fraction of sp³-hybridized carbons (Fsp3) is 0.432. The first-order valence-corrected chi connectivity index (χ1v) is 38.8. The molecule has 7 aliphatic rings. The fourth-order valence-corrected chi connectivity index (χ4v) is 14.9. The summed E-state index contributed by atoms with van der Waals surface area (Å²) in [5.41, 5.74) is 2.34. The van der Waals surface area contributed by atoms with Crippen LogP contribution in [0.5, 0.6) is 57.5 Å². The van der Waals surface area contributed by atoms with Crippen molar-refractivity contribution in [1.82, 2.24) is 42.5 Å². The molecule has 35 nitrogen and oxygen atoms in total. The summed E-state index contributed by atoms with van der Waals surface area (Å²) in [6.45, 7) is 12.6. The largest absolute Gasteiger partial charge is 0.508 e. The van der Waals surface area contributed by atoms with Crippen molar-refractivity contribution in [2.75, 3.05) is 26.9 Å². The monoisotopic (exact) mass is 1680 g/mol. The normalized spacial score (nSPS) is 26.8. The average molecular weight is 1680 g/mol. The Morgan fingerprint density at radius 3 is 1.99 bits per heavy atom. The number of carbonyl (C=O) groups excluding carboxylic acids is 7. The minimum atomic E-state index is -2.37. The van der Waals surface area contributed by atoms with E-state index in [1.54, 1.807) is 32.1 Å². The number of nitrogens with one attached hydrogen (secondary N) is 8. The van der Waals surface area contributed by atoms with Crippen molar-refractivity contribution >= 4 is 70.5 Å². The Hall–Kier alpha value is -10.6. The molecule has 0 radical (unpaired) electrons. The number of primary amides is 1. The number of aromatic hydroxyl groups is 3. The minimum absolute atomic E-state index is 0.109. The van der Waals surface area contributed by atoms with Crippen LogP contribution in [0.15, 0.2) is 110 Å². The highest BCUT2D eigenvalue weighted by atomic mass is 35.5. The lowest BCUT2D eigenvalue weighted by molar-refractivity contribution is -0.334. The Bertz CT molecular complexity index is 4770. The molecule has 20 N–H and O–H groups in total. The van der Waals surface area contributed by atoms with Crippen molar-refractivity contribution in [1.29, 1.82) is 0 Å². The number of amides is 7. The second-order valence-corrected chi connectivity index (χ2v) is 30.7. The molecule has 634 valence electrons. The summed E-state index contributed by atoms with van der Waals surface area (Å²) in [6.07, 6.45) is -14.9. The third-order valence-electron chi connectivity index (χ3n) is 20.8. The molecule has 7 heterocycles. The number of likely N-dealkylation sites (N-methyl/N-ethyl adjacent to an activating group) is 1. The number of hydrogen-bond acceptors (Lipinski definition) is 27. The van der Waals surface area contributed by atoms with Gasteiger partial charge in [0.25, 0.3) is 0 Å². The molecule has 18 atom stereocenters. The second-order valence-electron chi connectivity index (χ2n) is 29.9. The van der Waals surface area contributed by atoms with Crippen LogP contribution in [0.25, 0.3) is 11.1 Å². The first-order valence-electron chi connectivity index (χ1n) is 38.0. The predicted octanol–water partition coefficient (Wildman–Crippen LogP) is 4.07. The van der Waals surface area contributed by atoms with Crippen molar-refractivity contribution in [3.8, 4) is 68.6 Å². The van der Waals surface area contributed by atoms with Gasteiger partial charge in [-0.25, -0.2) is 4.79 Å². The molecule has 2 fully saturated rings. The Morgan fingerprint density at radius 2 is 1.36 bits per heavy atom. The maximum absolute atomic E-state index is 16.2. The van der Waals surface area contributed by atoms with Gasteiger partial charge >= 0.3 is 5.97 Å². The van der Waals surface area contributed by atoms with Crippen LogP contribution in [0.2, 0.25) is 10.0 Å². The van der Waals surface area contributed by atoms with Gasteiger partial charge in [-0.1, -0.05) is 80.7 Å². The van der Waals surface area contributed by atoms with Gasteiger partial charge in [-0.2, -0.15) is 0 Å². The van der Waals surface area contributed by atoms with Crippen LogP contribution in [-0.2, 0) is 59.1 Å². The van der Waals surface area contributed by atoms with E-state index in [1.807, 2.05) is 26.8 Å². The van der Waals surface area contributed by atoms with E-state index in [-0.39, 0.29) is 52.8 Å². The number of phenols is 3. The first kappa shape index (κ1) is 88.2. The summed E-state index contributed by atoms with van der Waals surface area (Å²) >= 11 is 14.3. The van der Waals surface area contributed by atoms with Crippen molar-refractivity contribution in [3.05, 3.63) is 153 Å². The van der Waals surface area contributed by atoms with Crippen LogP contribution in [0.3, 0.4) is 0 Å². The van der Waals surface area contributed by atoms with Gasteiger partial charge in [0.2, 0.25) is 53.4 Å². The van der Waals surface area contributed by atoms with E-state index in [0.29, 0.717) is 36.7 Å². The number of carboxylic acids is 1. The second kappa shape index (κ2) is 38.0. The van der Waals surface area contributed by atoms with Crippen LogP contribution >= 0.6 is 23.2 Å². The van der Waals surface area contributed by atoms with Crippen LogP contribution in [0.4, 0.5) is 0 Å². The van der Waals surface area contributed by atoms with Gasteiger partial charge in [0.05, 0.1) is 54.5 Å². The number of unbranched alkanes of at least 4 members (excludes halogenated alkanes) is 1. The fourth-order valence-electron chi connectivity index (χ4n) is 14.4. The van der Waals surface area contributed by atoms with Gasteiger partial charge in [-0.3, -0.25) is 33.6 Å². The molecule has 0 spiro atoms. The number of aliphatic carboxylic acids is 1.